The van der Waals surface area contributed by atoms with Gasteiger partial charge in [0.15, 0.2) is 5.13 Å². The molecule has 3 heterocycles. The van der Waals surface area contributed by atoms with E-state index in [1.807, 2.05) is 24.3 Å². The lowest BCUT2D eigenvalue weighted by Gasteiger charge is -2.31. The number of nitrogens with zero attached hydrogens (tertiary/aromatic N) is 2. The zero-order chi connectivity index (χ0) is 21.6. The molecule has 2 saturated heterocycles. The Morgan fingerprint density at radius 2 is 2.16 bits per heavy atom. The summed E-state index contributed by atoms with van der Waals surface area (Å²) in [5.41, 5.74) is 1.18. The zero-order valence-corrected chi connectivity index (χ0v) is 18.5. The Kier molecular flexibility index (Phi) is 7.03. The van der Waals surface area contributed by atoms with Crippen molar-refractivity contribution in [1.29, 1.82) is 0 Å². The van der Waals surface area contributed by atoms with Gasteiger partial charge in [0.2, 0.25) is 5.91 Å². The molecule has 8 nitrogen and oxygen atoms in total. The van der Waals surface area contributed by atoms with Gasteiger partial charge in [0.05, 0.1) is 24.8 Å². The van der Waals surface area contributed by atoms with E-state index in [0.717, 1.165) is 38.0 Å². The molecule has 2 atom stereocenters. The summed E-state index contributed by atoms with van der Waals surface area (Å²) in [6.45, 7) is 2.38. The maximum Gasteiger partial charge on any atom is 0.273 e. The number of methoxy groups -OCH3 is 1. The first-order valence-corrected chi connectivity index (χ1v) is 11.6. The quantitative estimate of drug-likeness (QED) is 0.682. The highest BCUT2D eigenvalue weighted by Crippen LogP contribution is 2.29. The third-order valence-electron chi connectivity index (χ3n) is 5.68. The first-order valence-electron chi connectivity index (χ1n) is 10.7. The third kappa shape index (κ3) is 5.34. The van der Waals surface area contributed by atoms with Crippen LogP contribution in [0, 0.1) is 5.92 Å². The van der Waals surface area contributed by atoms with Crippen LogP contribution in [0.3, 0.4) is 0 Å². The Labute approximate surface area is 185 Å². The number of hydrogen-bond acceptors (Lipinski definition) is 7. The van der Waals surface area contributed by atoms with E-state index in [1.54, 1.807) is 17.4 Å². The number of carbonyl (C=O) groups excluding carboxylic acids is 2. The van der Waals surface area contributed by atoms with Gasteiger partial charge >= 0.3 is 0 Å². The smallest absolute Gasteiger partial charge is 0.273 e. The van der Waals surface area contributed by atoms with Gasteiger partial charge in [0.25, 0.3) is 5.91 Å². The van der Waals surface area contributed by atoms with Crippen LogP contribution in [0.15, 0.2) is 29.6 Å². The Morgan fingerprint density at radius 1 is 1.29 bits per heavy atom. The largest absolute Gasteiger partial charge is 0.495 e. The van der Waals surface area contributed by atoms with Crippen molar-refractivity contribution in [3.05, 3.63) is 35.3 Å². The van der Waals surface area contributed by atoms with Crippen LogP contribution in [-0.2, 0) is 9.53 Å². The van der Waals surface area contributed by atoms with Crippen LogP contribution in [0.2, 0.25) is 0 Å². The number of piperidine rings is 1. The molecule has 1 aromatic heterocycles. The monoisotopic (exact) mass is 444 g/mol. The van der Waals surface area contributed by atoms with Crippen LogP contribution >= 0.6 is 11.3 Å². The second-order valence-corrected chi connectivity index (χ2v) is 8.69. The molecular weight excluding hydrogens is 416 g/mol. The van der Waals surface area contributed by atoms with E-state index < -0.39 is 0 Å². The SMILES string of the molecule is COc1ccccc1Nc1nc(C(=O)N2CCCC(C(=O)NCC3CCCO3)C2)cs1. The molecule has 0 bridgehead atoms. The number of thiazole rings is 1. The first kappa shape index (κ1) is 21.6. The Bertz CT molecular complexity index is 912. The fourth-order valence-corrected chi connectivity index (χ4v) is 4.69. The molecule has 2 fully saturated rings. The zero-order valence-electron chi connectivity index (χ0n) is 17.6. The molecule has 2 aliphatic heterocycles. The minimum absolute atomic E-state index is 0.00445. The van der Waals surface area contributed by atoms with E-state index >= 15 is 0 Å². The Balaban J connectivity index is 1.34. The van der Waals surface area contributed by atoms with E-state index in [9.17, 15) is 9.59 Å². The molecule has 31 heavy (non-hydrogen) atoms. The van der Waals surface area contributed by atoms with Crippen LogP contribution in [0.5, 0.6) is 5.75 Å². The van der Waals surface area contributed by atoms with Crippen LogP contribution in [0.1, 0.15) is 36.2 Å². The van der Waals surface area contributed by atoms with Gasteiger partial charge in [-0.1, -0.05) is 12.1 Å². The number of ether oxygens (including phenoxy) is 2. The highest BCUT2D eigenvalue weighted by molar-refractivity contribution is 7.14. The molecular formula is C22H28N4O4S. The molecule has 1 aromatic carbocycles. The molecule has 2 amide bonds. The maximum absolute atomic E-state index is 13.0. The van der Waals surface area contributed by atoms with Crippen LogP contribution in [-0.4, -0.2) is 61.2 Å². The summed E-state index contributed by atoms with van der Waals surface area (Å²) in [5, 5.41) is 8.58. The molecule has 2 aliphatic rings. The van der Waals surface area contributed by atoms with Crippen LogP contribution in [0.4, 0.5) is 10.8 Å². The van der Waals surface area contributed by atoms with Gasteiger partial charge in [0, 0.05) is 31.6 Å². The molecule has 2 unspecified atom stereocenters. The topological polar surface area (TPSA) is 92.8 Å². The molecule has 4 rings (SSSR count). The van der Waals surface area contributed by atoms with Gasteiger partial charge < -0.3 is 25.0 Å². The van der Waals surface area contributed by atoms with Crippen molar-refractivity contribution < 1.29 is 19.1 Å². The van der Waals surface area contributed by atoms with Crippen molar-refractivity contribution in [1.82, 2.24) is 15.2 Å². The second-order valence-electron chi connectivity index (χ2n) is 7.83. The Hall–Kier alpha value is -2.65. The van der Waals surface area contributed by atoms with Gasteiger partial charge in [0.1, 0.15) is 11.4 Å². The number of aromatic nitrogens is 1. The molecule has 0 spiro atoms. The minimum Gasteiger partial charge on any atom is -0.495 e. The molecule has 0 aliphatic carbocycles. The standard InChI is InChI=1S/C22H28N4O4S/c1-29-19-9-3-2-8-17(19)24-22-25-18(14-31-22)21(28)26-10-4-6-15(13-26)20(27)23-12-16-7-5-11-30-16/h2-3,8-9,14-16H,4-7,10-13H2,1H3,(H,23,27)(H,24,25). The summed E-state index contributed by atoms with van der Waals surface area (Å²) < 4.78 is 10.9. The predicted octanol–water partition coefficient (Wildman–Crippen LogP) is 3.04. The maximum atomic E-state index is 13.0. The highest BCUT2D eigenvalue weighted by atomic mass is 32.1. The van der Waals surface area contributed by atoms with Gasteiger partial charge in [-0.3, -0.25) is 9.59 Å². The van der Waals surface area contributed by atoms with Crippen LogP contribution < -0.4 is 15.4 Å². The van der Waals surface area contributed by atoms with Crippen molar-refractivity contribution in [3.63, 3.8) is 0 Å². The summed E-state index contributed by atoms with van der Waals surface area (Å²) in [6.07, 6.45) is 3.76. The van der Waals surface area contributed by atoms with E-state index in [-0.39, 0.29) is 23.8 Å². The molecule has 0 radical (unpaired) electrons. The number of nitrogens with one attached hydrogen (secondary N) is 2. The number of amides is 2. The minimum atomic E-state index is -0.191. The van der Waals surface area contributed by atoms with Gasteiger partial charge in [-0.15, -0.1) is 11.3 Å². The summed E-state index contributed by atoms with van der Waals surface area (Å²) in [6, 6.07) is 7.55. The highest BCUT2D eigenvalue weighted by Gasteiger charge is 2.30. The predicted molar refractivity (Wildman–Crippen MR) is 119 cm³/mol. The fraction of sp³-hybridized carbons (Fsp3) is 0.500. The van der Waals surface area contributed by atoms with E-state index in [2.05, 4.69) is 15.6 Å². The number of benzene rings is 1. The second kappa shape index (κ2) is 10.1. The molecule has 2 aromatic rings. The Morgan fingerprint density at radius 3 is 2.97 bits per heavy atom. The van der Waals surface area contributed by atoms with Crippen molar-refractivity contribution in [2.24, 2.45) is 5.92 Å². The van der Waals surface area contributed by atoms with Crippen molar-refractivity contribution >= 4 is 34.0 Å². The lowest BCUT2D eigenvalue weighted by atomic mass is 9.97. The lowest BCUT2D eigenvalue weighted by Crippen LogP contribution is -2.46. The number of anilines is 2. The number of hydrogen-bond donors (Lipinski definition) is 2. The van der Waals surface area contributed by atoms with E-state index in [4.69, 9.17) is 9.47 Å². The van der Waals surface area contributed by atoms with Gasteiger partial charge in [-0.2, -0.15) is 0 Å². The summed E-state index contributed by atoms with van der Waals surface area (Å²) >= 11 is 1.37. The summed E-state index contributed by atoms with van der Waals surface area (Å²) in [7, 11) is 1.61. The van der Waals surface area contributed by atoms with Crippen LogP contribution in [0.25, 0.3) is 0 Å². The van der Waals surface area contributed by atoms with Crippen molar-refractivity contribution in [2.45, 2.75) is 31.8 Å². The third-order valence-corrected chi connectivity index (χ3v) is 6.44. The number of para-hydroxylation sites is 2. The van der Waals surface area contributed by atoms with Crippen molar-refractivity contribution in [2.75, 3.05) is 38.7 Å². The fourth-order valence-electron chi connectivity index (χ4n) is 3.99. The molecule has 9 heteroatoms. The normalized spacial score (nSPS) is 21.0. The first-order chi connectivity index (χ1) is 15.1. The average molecular weight is 445 g/mol. The number of rotatable bonds is 7. The summed E-state index contributed by atoms with van der Waals surface area (Å²) in [5.74, 6) is 0.383. The lowest BCUT2D eigenvalue weighted by molar-refractivity contribution is -0.126. The average Bonchev–Trinajstić information content (AvgIpc) is 3.50. The van der Waals surface area contributed by atoms with Gasteiger partial charge in [-0.05, 0) is 37.8 Å². The van der Waals surface area contributed by atoms with Gasteiger partial charge in [-0.25, -0.2) is 4.98 Å². The van der Waals surface area contributed by atoms with E-state index in [0.29, 0.717) is 36.2 Å². The molecule has 166 valence electrons. The molecule has 2 N–H and O–H groups in total. The summed E-state index contributed by atoms with van der Waals surface area (Å²) in [4.78, 5) is 31.8. The number of likely N-dealkylation sites (tertiary alicyclic amines) is 1. The van der Waals surface area contributed by atoms with E-state index in [1.165, 1.54) is 11.3 Å². The van der Waals surface area contributed by atoms with Crippen molar-refractivity contribution in [3.8, 4) is 5.75 Å². The molecule has 0 saturated carbocycles. The number of carbonyl (C=O) groups is 2.